The summed E-state index contributed by atoms with van der Waals surface area (Å²) < 4.78 is 3.02. The molecule has 0 saturated heterocycles. The molecule has 0 aliphatic rings. The van der Waals surface area contributed by atoms with Gasteiger partial charge in [-0.3, -0.25) is 10.5 Å². The Morgan fingerprint density at radius 3 is 2.89 bits per heavy atom. The van der Waals surface area contributed by atoms with Crippen LogP contribution in [0.3, 0.4) is 0 Å². The first-order valence-electron chi connectivity index (χ1n) is 5.91. The second-order valence-corrected chi connectivity index (χ2v) is 4.94. The van der Waals surface area contributed by atoms with E-state index in [4.69, 9.17) is 5.84 Å². The molecular weight excluding hydrogens is 292 g/mol. The third kappa shape index (κ3) is 2.34. The van der Waals surface area contributed by atoms with Crippen molar-refractivity contribution in [3.05, 3.63) is 51.8 Å². The molecule has 18 heavy (non-hydrogen) atoms. The maximum Gasteiger partial charge on any atom is 0.0889 e. The molecule has 1 unspecified atom stereocenters. The number of nitrogens with two attached hydrogens (primary N) is 1. The van der Waals surface area contributed by atoms with Crippen LogP contribution < -0.4 is 11.3 Å². The van der Waals surface area contributed by atoms with Gasteiger partial charge < -0.3 is 0 Å². The fourth-order valence-electron chi connectivity index (χ4n) is 2.08. The van der Waals surface area contributed by atoms with Gasteiger partial charge in [0.15, 0.2) is 0 Å². The standard InChI is InChI=1S/C13H17BrN4/c1-3-18-11(7-8-16-18)13(17-15)10-6-4-5-9(2)12(10)14/h4-8,13,17H,3,15H2,1-2H3. The highest BCUT2D eigenvalue weighted by atomic mass is 79.9. The van der Waals surface area contributed by atoms with Crippen LogP contribution in [-0.4, -0.2) is 9.78 Å². The third-order valence-electron chi connectivity index (χ3n) is 3.04. The molecule has 0 fully saturated rings. The van der Waals surface area contributed by atoms with E-state index in [1.165, 1.54) is 5.56 Å². The van der Waals surface area contributed by atoms with Gasteiger partial charge in [0.2, 0.25) is 0 Å². The Balaban J connectivity index is 2.49. The van der Waals surface area contributed by atoms with Crippen molar-refractivity contribution >= 4 is 15.9 Å². The van der Waals surface area contributed by atoms with E-state index in [2.05, 4.69) is 52.4 Å². The van der Waals surface area contributed by atoms with E-state index >= 15 is 0 Å². The minimum Gasteiger partial charge on any atom is -0.271 e. The summed E-state index contributed by atoms with van der Waals surface area (Å²) in [6, 6.07) is 8.09. The average Bonchev–Trinajstić information content (AvgIpc) is 2.83. The Morgan fingerprint density at radius 2 is 2.22 bits per heavy atom. The molecule has 0 aliphatic carbocycles. The molecule has 0 amide bonds. The lowest BCUT2D eigenvalue weighted by Crippen LogP contribution is -2.31. The Bertz CT molecular complexity index is 536. The van der Waals surface area contributed by atoms with Crippen LogP contribution >= 0.6 is 15.9 Å². The van der Waals surface area contributed by atoms with Crippen LogP contribution in [0.5, 0.6) is 0 Å². The Kier molecular flexibility index (Phi) is 4.16. The molecule has 0 radical (unpaired) electrons. The number of benzene rings is 1. The van der Waals surface area contributed by atoms with Gasteiger partial charge in [-0.15, -0.1) is 0 Å². The molecule has 1 aromatic carbocycles. The zero-order chi connectivity index (χ0) is 13.1. The Hall–Kier alpha value is -1.17. The van der Waals surface area contributed by atoms with Gasteiger partial charge in [-0.25, -0.2) is 5.43 Å². The predicted octanol–water partition coefficient (Wildman–Crippen LogP) is 2.53. The number of halogens is 1. The van der Waals surface area contributed by atoms with E-state index in [1.807, 2.05) is 16.8 Å². The molecule has 3 N–H and O–H groups in total. The number of aromatic nitrogens is 2. The van der Waals surface area contributed by atoms with Gasteiger partial charge in [-0.2, -0.15) is 5.10 Å². The number of nitrogens with zero attached hydrogens (tertiary/aromatic N) is 2. The van der Waals surface area contributed by atoms with E-state index in [0.717, 1.165) is 22.3 Å². The van der Waals surface area contributed by atoms with Crippen molar-refractivity contribution in [1.82, 2.24) is 15.2 Å². The molecule has 4 nitrogen and oxygen atoms in total. The van der Waals surface area contributed by atoms with Gasteiger partial charge in [-0.1, -0.05) is 34.1 Å². The lowest BCUT2D eigenvalue weighted by Gasteiger charge is -2.19. The summed E-state index contributed by atoms with van der Waals surface area (Å²) in [5.74, 6) is 5.73. The summed E-state index contributed by atoms with van der Waals surface area (Å²) in [6.07, 6.45) is 1.80. The number of nitrogens with one attached hydrogen (secondary N) is 1. The Labute approximate surface area is 115 Å². The van der Waals surface area contributed by atoms with Crippen molar-refractivity contribution in [2.75, 3.05) is 0 Å². The van der Waals surface area contributed by atoms with Crippen LogP contribution in [-0.2, 0) is 6.54 Å². The minimum atomic E-state index is -0.0678. The van der Waals surface area contributed by atoms with Crippen LogP contribution in [0.25, 0.3) is 0 Å². The summed E-state index contributed by atoms with van der Waals surface area (Å²) >= 11 is 3.63. The van der Waals surface area contributed by atoms with Gasteiger partial charge in [-0.05, 0) is 31.0 Å². The van der Waals surface area contributed by atoms with Crippen LogP contribution in [0.2, 0.25) is 0 Å². The zero-order valence-corrected chi connectivity index (χ0v) is 12.1. The summed E-state index contributed by atoms with van der Waals surface area (Å²) in [7, 11) is 0. The van der Waals surface area contributed by atoms with Crippen molar-refractivity contribution in [2.45, 2.75) is 26.4 Å². The first kappa shape index (κ1) is 13.3. The smallest absolute Gasteiger partial charge is 0.0889 e. The summed E-state index contributed by atoms with van der Waals surface area (Å²) in [5, 5.41) is 4.29. The van der Waals surface area contributed by atoms with E-state index in [9.17, 15) is 0 Å². The molecular formula is C13H17BrN4. The quantitative estimate of drug-likeness (QED) is 0.674. The van der Waals surface area contributed by atoms with Gasteiger partial charge in [0, 0.05) is 17.2 Å². The maximum absolute atomic E-state index is 5.73. The first-order chi connectivity index (χ1) is 8.69. The molecule has 2 aromatic rings. The molecule has 0 spiro atoms. The van der Waals surface area contributed by atoms with Gasteiger partial charge in [0.25, 0.3) is 0 Å². The number of hydrogen-bond acceptors (Lipinski definition) is 3. The molecule has 2 rings (SSSR count). The number of hydrazine groups is 1. The second-order valence-electron chi connectivity index (χ2n) is 4.15. The lowest BCUT2D eigenvalue weighted by molar-refractivity contribution is 0.542. The van der Waals surface area contributed by atoms with E-state index in [1.54, 1.807) is 6.20 Å². The van der Waals surface area contributed by atoms with Crippen molar-refractivity contribution in [2.24, 2.45) is 5.84 Å². The topological polar surface area (TPSA) is 55.9 Å². The average molecular weight is 309 g/mol. The molecule has 96 valence electrons. The zero-order valence-electron chi connectivity index (χ0n) is 10.5. The maximum atomic E-state index is 5.73. The normalized spacial score (nSPS) is 12.7. The summed E-state index contributed by atoms with van der Waals surface area (Å²) in [6.45, 7) is 4.96. The second kappa shape index (κ2) is 5.65. The molecule has 1 atom stereocenters. The molecule has 0 aliphatic heterocycles. The van der Waals surface area contributed by atoms with Crippen LogP contribution in [0.4, 0.5) is 0 Å². The van der Waals surface area contributed by atoms with Crippen LogP contribution in [0, 0.1) is 6.92 Å². The SMILES string of the molecule is CCn1nccc1C(NN)c1cccc(C)c1Br. The molecule has 1 aromatic heterocycles. The Morgan fingerprint density at radius 1 is 1.44 bits per heavy atom. The molecule has 0 bridgehead atoms. The first-order valence-corrected chi connectivity index (χ1v) is 6.71. The van der Waals surface area contributed by atoms with Crippen molar-refractivity contribution in [3.63, 3.8) is 0 Å². The highest BCUT2D eigenvalue weighted by Crippen LogP contribution is 2.30. The van der Waals surface area contributed by atoms with Gasteiger partial charge in [0.1, 0.15) is 0 Å². The van der Waals surface area contributed by atoms with Crippen molar-refractivity contribution < 1.29 is 0 Å². The van der Waals surface area contributed by atoms with Gasteiger partial charge in [0.05, 0.1) is 11.7 Å². The summed E-state index contributed by atoms with van der Waals surface area (Å²) in [4.78, 5) is 0. The largest absolute Gasteiger partial charge is 0.271 e. The number of aryl methyl sites for hydroxylation is 2. The lowest BCUT2D eigenvalue weighted by atomic mass is 10.0. The fraction of sp³-hybridized carbons (Fsp3) is 0.308. The van der Waals surface area contributed by atoms with Crippen molar-refractivity contribution in [3.8, 4) is 0 Å². The monoisotopic (exact) mass is 308 g/mol. The van der Waals surface area contributed by atoms with Crippen molar-refractivity contribution in [1.29, 1.82) is 0 Å². The third-order valence-corrected chi connectivity index (χ3v) is 4.13. The number of rotatable bonds is 4. The number of hydrogen-bond donors (Lipinski definition) is 2. The summed E-state index contributed by atoms with van der Waals surface area (Å²) in [5.41, 5.74) is 6.24. The van der Waals surface area contributed by atoms with Crippen LogP contribution in [0.15, 0.2) is 34.9 Å². The van der Waals surface area contributed by atoms with E-state index in [-0.39, 0.29) is 6.04 Å². The van der Waals surface area contributed by atoms with E-state index in [0.29, 0.717) is 0 Å². The van der Waals surface area contributed by atoms with E-state index < -0.39 is 0 Å². The highest BCUT2D eigenvalue weighted by molar-refractivity contribution is 9.10. The van der Waals surface area contributed by atoms with Crippen LogP contribution in [0.1, 0.15) is 29.8 Å². The highest BCUT2D eigenvalue weighted by Gasteiger charge is 2.19. The van der Waals surface area contributed by atoms with Gasteiger partial charge >= 0.3 is 0 Å². The molecule has 1 heterocycles. The fourth-order valence-corrected chi connectivity index (χ4v) is 2.57. The predicted molar refractivity (Wildman–Crippen MR) is 75.9 cm³/mol. The molecule has 0 saturated carbocycles. The molecule has 5 heteroatoms. The minimum absolute atomic E-state index is 0.0678.